The van der Waals surface area contributed by atoms with Gasteiger partial charge in [0.1, 0.15) is 12.1 Å². The van der Waals surface area contributed by atoms with Crippen LogP contribution in [0.15, 0.2) is 24.5 Å². The van der Waals surface area contributed by atoms with Crippen molar-refractivity contribution in [1.29, 1.82) is 0 Å². The minimum Gasteiger partial charge on any atom is -0.476 e. The first-order valence-corrected chi connectivity index (χ1v) is 7.31. The molecule has 1 aromatic carbocycles. The van der Waals surface area contributed by atoms with Gasteiger partial charge in [-0.05, 0) is 48.9 Å². The van der Waals surface area contributed by atoms with Gasteiger partial charge in [-0.15, -0.1) is 0 Å². The lowest BCUT2D eigenvalue weighted by Gasteiger charge is -2.11. The fraction of sp³-hybridized carbons (Fsp3) is 0.375. The number of rotatable bonds is 5. The molecule has 2 N–H and O–H groups in total. The molecule has 1 aliphatic rings. The third-order valence-electron chi connectivity index (χ3n) is 3.54. The summed E-state index contributed by atoms with van der Waals surface area (Å²) in [5, 5.41) is 0. The molecule has 0 bridgehead atoms. The van der Waals surface area contributed by atoms with Crippen molar-refractivity contribution in [2.75, 3.05) is 12.3 Å². The lowest BCUT2D eigenvalue weighted by Crippen LogP contribution is -2.04. The molecule has 1 aliphatic carbocycles. The van der Waals surface area contributed by atoms with E-state index >= 15 is 0 Å². The van der Waals surface area contributed by atoms with Crippen LogP contribution in [0.1, 0.15) is 30.9 Å². The number of hydrogen-bond acceptors (Lipinski definition) is 5. The van der Waals surface area contributed by atoms with Gasteiger partial charge in [-0.2, -0.15) is 9.97 Å². The van der Waals surface area contributed by atoms with Crippen LogP contribution in [0.4, 0.5) is 5.69 Å². The second kappa shape index (κ2) is 5.99. The molecule has 0 saturated carbocycles. The van der Waals surface area contributed by atoms with Crippen molar-refractivity contribution in [2.45, 2.75) is 32.6 Å². The van der Waals surface area contributed by atoms with E-state index in [1.165, 1.54) is 23.9 Å². The fourth-order valence-electron chi connectivity index (χ4n) is 2.48. The molecule has 21 heavy (non-hydrogen) atoms. The van der Waals surface area contributed by atoms with E-state index in [1.807, 2.05) is 13.0 Å². The Morgan fingerprint density at radius 2 is 1.95 bits per heavy atom. The highest BCUT2D eigenvalue weighted by atomic mass is 16.5. The molecule has 1 aromatic heterocycles. The van der Waals surface area contributed by atoms with Crippen LogP contribution in [0.2, 0.25) is 0 Å². The maximum atomic E-state index is 6.01. The maximum Gasteiger partial charge on any atom is 0.249 e. The molecule has 0 spiro atoms. The lowest BCUT2D eigenvalue weighted by atomic mass is 10.1. The molecular formula is C16H19N3O2. The highest BCUT2D eigenvalue weighted by Crippen LogP contribution is 2.33. The fourth-order valence-corrected chi connectivity index (χ4v) is 2.48. The van der Waals surface area contributed by atoms with Gasteiger partial charge in [0, 0.05) is 0 Å². The number of nitrogen functional groups attached to an aromatic ring is 1. The molecule has 0 unspecified atom stereocenters. The molecular weight excluding hydrogens is 266 g/mol. The van der Waals surface area contributed by atoms with Crippen molar-refractivity contribution in [3.63, 3.8) is 0 Å². The second-order valence-electron chi connectivity index (χ2n) is 5.13. The van der Waals surface area contributed by atoms with E-state index in [0.29, 0.717) is 24.1 Å². The van der Waals surface area contributed by atoms with Gasteiger partial charge < -0.3 is 15.2 Å². The van der Waals surface area contributed by atoms with Crippen molar-refractivity contribution in [1.82, 2.24) is 9.97 Å². The Hall–Kier alpha value is -2.30. The number of anilines is 1. The predicted octanol–water partition coefficient (Wildman–Crippen LogP) is 3.13. The number of aromatic nitrogens is 2. The molecule has 5 heteroatoms. The van der Waals surface area contributed by atoms with Crippen LogP contribution in [0.25, 0.3) is 0 Å². The lowest BCUT2D eigenvalue weighted by molar-refractivity contribution is 0.304. The summed E-state index contributed by atoms with van der Waals surface area (Å²) >= 11 is 0. The monoisotopic (exact) mass is 285 g/mol. The number of benzene rings is 1. The average Bonchev–Trinajstić information content (AvgIpc) is 2.96. The standard InChI is InChI=1S/C16H19N3O2/c1-2-8-20-15-14(17)16(19-10-18-15)21-13-7-6-11-4-3-5-12(11)9-13/h6-7,9-10H,2-5,8,17H2,1H3. The molecule has 2 aromatic rings. The summed E-state index contributed by atoms with van der Waals surface area (Å²) in [6, 6.07) is 6.14. The number of nitrogens with zero attached hydrogens (tertiary/aromatic N) is 2. The first kappa shape index (κ1) is 13.7. The summed E-state index contributed by atoms with van der Waals surface area (Å²) in [5.41, 5.74) is 9.11. The zero-order valence-electron chi connectivity index (χ0n) is 12.1. The van der Waals surface area contributed by atoms with Crippen molar-refractivity contribution in [3.8, 4) is 17.5 Å². The highest BCUT2D eigenvalue weighted by molar-refractivity contribution is 5.57. The molecule has 1 heterocycles. The van der Waals surface area contributed by atoms with Gasteiger partial charge in [0.05, 0.1) is 6.61 Å². The Bertz CT molecular complexity index is 643. The van der Waals surface area contributed by atoms with E-state index in [2.05, 4.69) is 22.1 Å². The molecule has 0 fully saturated rings. The van der Waals surface area contributed by atoms with Crippen LogP contribution in [-0.2, 0) is 12.8 Å². The normalized spacial score (nSPS) is 13.0. The van der Waals surface area contributed by atoms with Crippen LogP contribution in [-0.4, -0.2) is 16.6 Å². The third kappa shape index (κ3) is 2.91. The van der Waals surface area contributed by atoms with Crippen LogP contribution in [0, 0.1) is 0 Å². The summed E-state index contributed by atoms with van der Waals surface area (Å²) in [7, 11) is 0. The number of nitrogens with two attached hydrogens (primary N) is 1. The summed E-state index contributed by atoms with van der Waals surface area (Å²) in [6.07, 6.45) is 5.77. The molecule has 0 atom stereocenters. The third-order valence-corrected chi connectivity index (χ3v) is 3.54. The second-order valence-corrected chi connectivity index (χ2v) is 5.13. The highest BCUT2D eigenvalue weighted by Gasteiger charge is 2.14. The number of fused-ring (bicyclic) bond motifs is 1. The molecule has 0 aliphatic heterocycles. The number of hydrogen-bond donors (Lipinski definition) is 1. The quantitative estimate of drug-likeness (QED) is 0.914. The van der Waals surface area contributed by atoms with Crippen molar-refractivity contribution >= 4 is 5.69 Å². The summed E-state index contributed by atoms with van der Waals surface area (Å²) in [5.74, 6) is 1.47. The maximum absolute atomic E-state index is 6.01. The SMILES string of the molecule is CCCOc1ncnc(Oc2ccc3c(c2)CCC3)c1N. The molecule has 110 valence electrons. The van der Waals surface area contributed by atoms with Crippen LogP contribution >= 0.6 is 0 Å². The van der Waals surface area contributed by atoms with Gasteiger partial charge in [-0.25, -0.2) is 0 Å². The molecule has 0 radical (unpaired) electrons. The van der Waals surface area contributed by atoms with Gasteiger partial charge in [0.15, 0.2) is 5.69 Å². The minimum atomic E-state index is 0.339. The van der Waals surface area contributed by atoms with Crippen LogP contribution < -0.4 is 15.2 Å². The van der Waals surface area contributed by atoms with Crippen molar-refractivity contribution in [2.24, 2.45) is 0 Å². The van der Waals surface area contributed by atoms with E-state index in [0.717, 1.165) is 25.0 Å². The van der Waals surface area contributed by atoms with Crippen LogP contribution in [0.3, 0.4) is 0 Å². The van der Waals surface area contributed by atoms with Crippen molar-refractivity contribution in [3.05, 3.63) is 35.7 Å². The topological polar surface area (TPSA) is 70.3 Å². The van der Waals surface area contributed by atoms with Gasteiger partial charge in [0.2, 0.25) is 11.8 Å². The van der Waals surface area contributed by atoms with E-state index < -0.39 is 0 Å². The van der Waals surface area contributed by atoms with E-state index in [4.69, 9.17) is 15.2 Å². The molecule has 0 saturated heterocycles. The van der Waals surface area contributed by atoms with Gasteiger partial charge in [0.25, 0.3) is 0 Å². The van der Waals surface area contributed by atoms with E-state index in [-0.39, 0.29) is 0 Å². The summed E-state index contributed by atoms with van der Waals surface area (Å²) in [6.45, 7) is 2.60. The molecule has 5 nitrogen and oxygen atoms in total. The zero-order valence-corrected chi connectivity index (χ0v) is 12.1. The van der Waals surface area contributed by atoms with Crippen molar-refractivity contribution < 1.29 is 9.47 Å². The number of aryl methyl sites for hydroxylation is 2. The first-order valence-electron chi connectivity index (χ1n) is 7.31. The van der Waals surface area contributed by atoms with Gasteiger partial charge >= 0.3 is 0 Å². The largest absolute Gasteiger partial charge is 0.476 e. The minimum absolute atomic E-state index is 0.339. The Morgan fingerprint density at radius 3 is 2.81 bits per heavy atom. The van der Waals surface area contributed by atoms with Gasteiger partial charge in [-0.3, -0.25) is 0 Å². The van der Waals surface area contributed by atoms with Gasteiger partial charge in [-0.1, -0.05) is 13.0 Å². The van der Waals surface area contributed by atoms with E-state index in [1.54, 1.807) is 0 Å². The first-order chi connectivity index (χ1) is 10.3. The molecule has 3 rings (SSSR count). The Kier molecular flexibility index (Phi) is 3.90. The Labute approximate surface area is 124 Å². The summed E-state index contributed by atoms with van der Waals surface area (Å²) in [4.78, 5) is 8.14. The average molecular weight is 285 g/mol. The Morgan fingerprint density at radius 1 is 1.14 bits per heavy atom. The van der Waals surface area contributed by atoms with Crippen LogP contribution in [0.5, 0.6) is 17.5 Å². The predicted molar refractivity (Wildman–Crippen MR) is 80.8 cm³/mol. The molecule has 0 amide bonds. The summed E-state index contributed by atoms with van der Waals surface area (Å²) < 4.78 is 11.3. The van der Waals surface area contributed by atoms with E-state index in [9.17, 15) is 0 Å². The zero-order chi connectivity index (χ0) is 14.7. The Balaban J connectivity index is 1.81. The smallest absolute Gasteiger partial charge is 0.249 e. The number of ether oxygens (including phenoxy) is 2.